The minimum atomic E-state index is -0.701. The van der Waals surface area contributed by atoms with E-state index in [1.165, 1.54) is 35.6 Å². The normalized spacial score (nSPS) is 19.9. The van der Waals surface area contributed by atoms with Gasteiger partial charge in [-0.05, 0) is 28.8 Å². The second-order valence-corrected chi connectivity index (χ2v) is 11.1. The summed E-state index contributed by atoms with van der Waals surface area (Å²) in [5.41, 5.74) is 5.59. The second kappa shape index (κ2) is 8.63. The van der Waals surface area contributed by atoms with Crippen LogP contribution >= 0.6 is 23.5 Å². The van der Waals surface area contributed by atoms with Gasteiger partial charge >= 0.3 is 5.97 Å². The smallest absolute Gasteiger partial charge is 0.365 e. The first-order valence-electron chi connectivity index (χ1n) is 11.3. The van der Waals surface area contributed by atoms with Crippen molar-refractivity contribution >= 4 is 40.2 Å². The fourth-order valence-electron chi connectivity index (χ4n) is 4.88. The Bertz CT molecular complexity index is 1370. The van der Waals surface area contributed by atoms with Crippen LogP contribution in [-0.2, 0) is 18.5 Å². The van der Waals surface area contributed by atoms with Crippen LogP contribution in [0.4, 0.5) is 5.69 Å². The molecule has 0 radical (unpaired) electrons. The van der Waals surface area contributed by atoms with E-state index >= 15 is 0 Å². The number of carbonyl (C=O) groups excluding carboxylic acids is 1. The summed E-state index contributed by atoms with van der Waals surface area (Å²) < 4.78 is 3.90. The zero-order valence-electron chi connectivity index (χ0n) is 19.0. The number of esters is 1. The van der Waals surface area contributed by atoms with Crippen molar-refractivity contribution in [3.63, 3.8) is 0 Å². The van der Waals surface area contributed by atoms with Gasteiger partial charge in [0.2, 0.25) is 5.04 Å². The molecule has 0 N–H and O–H groups in total. The lowest BCUT2D eigenvalue weighted by Crippen LogP contribution is -2.34. The zero-order valence-corrected chi connectivity index (χ0v) is 20.6. The fourth-order valence-corrected chi connectivity index (χ4v) is 8.46. The molecule has 0 fully saturated rings. The highest BCUT2D eigenvalue weighted by Gasteiger charge is 2.61. The summed E-state index contributed by atoms with van der Waals surface area (Å²) in [7, 11) is 1.40. The molecule has 1 atom stereocenters. The maximum atomic E-state index is 12.7. The topological polar surface area (TPSA) is 41.9 Å². The van der Waals surface area contributed by atoms with Crippen molar-refractivity contribution in [3.05, 3.63) is 138 Å². The Kier molecular flexibility index (Phi) is 5.43. The third-order valence-electron chi connectivity index (χ3n) is 6.36. The highest BCUT2D eigenvalue weighted by molar-refractivity contribution is 8.27. The Morgan fingerprint density at radius 2 is 1.26 bits per heavy atom. The molecule has 0 saturated carbocycles. The molecule has 6 rings (SSSR count). The Labute approximate surface area is 213 Å². The number of nitrogens with zero attached hydrogens (tertiary/aromatic N) is 2. The van der Waals surface area contributed by atoms with E-state index in [4.69, 9.17) is 9.84 Å². The first kappa shape index (κ1) is 22.0. The van der Waals surface area contributed by atoms with Gasteiger partial charge < -0.3 is 4.74 Å². The standard InChI is InChI=1S/C29H22N2O2S2/c1-33-27(32)26-30-31(23-17-9-4-10-18-23)29(34-26)25-20-12-11-19-24(25)28(35-29,21-13-5-2-6-14-21)22-15-7-3-8-16-22/h2-20H,1H3/t29-/m0/s1. The number of ether oxygens (including phenoxy) is 1. The predicted molar refractivity (Wildman–Crippen MR) is 144 cm³/mol. The quantitative estimate of drug-likeness (QED) is 0.300. The molecule has 6 heteroatoms. The van der Waals surface area contributed by atoms with E-state index in [9.17, 15) is 4.79 Å². The summed E-state index contributed by atoms with van der Waals surface area (Å²) >= 11 is 3.26. The molecular weight excluding hydrogens is 472 g/mol. The number of carbonyl (C=O) groups is 1. The molecule has 4 nitrogen and oxygen atoms in total. The minimum absolute atomic E-state index is 0.343. The zero-order chi connectivity index (χ0) is 23.9. The highest BCUT2D eigenvalue weighted by Crippen LogP contribution is 2.70. The van der Waals surface area contributed by atoms with Gasteiger partial charge in [-0.1, -0.05) is 127 Å². The first-order valence-corrected chi connectivity index (χ1v) is 12.9. The van der Waals surface area contributed by atoms with Gasteiger partial charge in [0.15, 0.2) is 4.20 Å². The van der Waals surface area contributed by atoms with E-state index in [0.717, 1.165) is 11.3 Å². The van der Waals surface area contributed by atoms with Gasteiger partial charge in [0.05, 0.1) is 17.5 Å². The molecular formula is C29H22N2O2S2. The molecule has 0 saturated heterocycles. The molecule has 0 unspecified atom stereocenters. The van der Waals surface area contributed by atoms with Gasteiger partial charge in [-0.15, -0.1) is 0 Å². The van der Waals surface area contributed by atoms with Gasteiger partial charge in [-0.2, -0.15) is 5.10 Å². The summed E-state index contributed by atoms with van der Waals surface area (Å²) in [6.07, 6.45) is 0. The summed E-state index contributed by atoms with van der Waals surface area (Å²) in [5, 5.41) is 7.16. The average Bonchev–Trinajstić information content (AvgIpc) is 3.47. The van der Waals surface area contributed by atoms with Gasteiger partial charge in [0.1, 0.15) is 0 Å². The molecule has 172 valence electrons. The molecule has 4 aromatic carbocycles. The van der Waals surface area contributed by atoms with Crippen molar-refractivity contribution in [2.24, 2.45) is 5.10 Å². The number of rotatable bonds is 4. The van der Waals surface area contributed by atoms with Gasteiger partial charge in [-0.25, -0.2) is 9.80 Å². The number of anilines is 1. The number of hydrazone groups is 1. The van der Waals surface area contributed by atoms with Crippen molar-refractivity contribution < 1.29 is 9.53 Å². The molecule has 35 heavy (non-hydrogen) atoms. The van der Waals surface area contributed by atoms with Gasteiger partial charge in [-0.3, -0.25) is 0 Å². The summed E-state index contributed by atoms with van der Waals surface area (Å²) in [6, 6.07) is 39.7. The summed E-state index contributed by atoms with van der Waals surface area (Å²) in [6.45, 7) is 0. The number of hydrogen-bond donors (Lipinski definition) is 0. The van der Waals surface area contributed by atoms with E-state index < -0.39 is 14.9 Å². The van der Waals surface area contributed by atoms with Crippen molar-refractivity contribution in [1.82, 2.24) is 0 Å². The molecule has 4 aromatic rings. The third-order valence-corrected chi connectivity index (χ3v) is 9.64. The van der Waals surface area contributed by atoms with Crippen molar-refractivity contribution in [2.75, 3.05) is 12.1 Å². The van der Waals surface area contributed by atoms with Crippen LogP contribution in [0, 0.1) is 0 Å². The molecule has 2 aliphatic rings. The second-order valence-electron chi connectivity index (χ2n) is 8.29. The maximum Gasteiger partial charge on any atom is 0.365 e. The number of para-hydroxylation sites is 1. The number of fused-ring (bicyclic) bond motifs is 2. The first-order chi connectivity index (χ1) is 17.2. The van der Waals surface area contributed by atoms with E-state index in [1.54, 1.807) is 11.8 Å². The van der Waals surface area contributed by atoms with Crippen molar-refractivity contribution in [1.29, 1.82) is 0 Å². The lowest BCUT2D eigenvalue weighted by molar-refractivity contribution is -0.132. The Hall–Kier alpha value is -3.48. The maximum absolute atomic E-state index is 12.7. The third kappa shape index (κ3) is 3.32. The SMILES string of the molecule is COC(=O)C1=NN(c2ccccc2)[C@@]2(S1)SC(c1ccccc1)(c1ccccc1)c1ccccc12. The van der Waals surface area contributed by atoms with Crippen molar-refractivity contribution in [2.45, 2.75) is 8.95 Å². The van der Waals surface area contributed by atoms with Crippen LogP contribution < -0.4 is 5.01 Å². The minimum Gasteiger partial charge on any atom is -0.464 e. The summed E-state index contributed by atoms with van der Waals surface area (Å²) in [4.78, 5) is 12.7. The Balaban J connectivity index is 1.64. The average molecular weight is 495 g/mol. The van der Waals surface area contributed by atoms with Gasteiger partial charge in [0, 0.05) is 5.56 Å². The van der Waals surface area contributed by atoms with E-state index in [1.807, 2.05) is 47.5 Å². The fraction of sp³-hybridized carbons (Fsp3) is 0.103. The number of methoxy groups -OCH3 is 1. The number of hydrogen-bond acceptors (Lipinski definition) is 6. The lowest BCUT2D eigenvalue weighted by Gasteiger charge is -2.37. The highest BCUT2D eigenvalue weighted by atomic mass is 32.2. The number of thioether (sulfide) groups is 2. The van der Waals surface area contributed by atoms with E-state index in [0.29, 0.717) is 5.04 Å². The number of benzene rings is 4. The van der Waals surface area contributed by atoms with Crippen LogP contribution in [-0.4, -0.2) is 18.1 Å². The van der Waals surface area contributed by atoms with Crippen LogP contribution in [0.1, 0.15) is 22.3 Å². The summed E-state index contributed by atoms with van der Waals surface area (Å²) in [5.74, 6) is -0.428. The van der Waals surface area contributed by atoms with Crippen LogP contribution in [0.2, 0.25) is 0 Å². The molecule has 2 heterocycles. The lowest BCUT2D eigenvalue weighted by atomic mass is 9.82. The van der Waals surface area contributed by atoms with Crippen LogP contribution in [0.3, 0.4) is 0 Å². The Morgan fingerprint density at radius 3 is 1.83 bits per heavy atom. The van der Waals surface area contributed by atoms with E-state index in [-0.39, 0.29) is 0 Å². The largest absolute Gasteiger partial charge is 0.464 e. The molecule has 2 aliphatic heterocycles. The van der Waals surface area contributed by atoms with E-state index in [2.05, 4.69) is 72.8 Å². The van der Waals surface area contributed by atoms with Crippen LogP contribution in [0.15, 0.2) is 120 Å². The van der Waals surface area contributed by atoms with Crippen LogP contribution in [0.25, 0.3) is 0 Å². The molecule has 0 aliphatic carbocycles. The van der Waals surface area contributed by atoms with Gasteiger partial charge in [0.25, 0.3) is 0 Å². The monoisotopic (exact) mass is 494 g/mol. The Morgan fingerprint density at radius 1 is 0.743 bits per heavy atom. The molecule has 0 bridgehead atoms. The van der Waals surface area contributed by atoms with Crippen molar-refractivity contribution in [3.8, 4) is 0 Å². The molecule has 1 spiro atoms. The molecule has 0 amide bonds. The van der Waals surface area contributed by atoms with Crippen LogP contribution in [0.5, 0.6) is 0 Å². The molecule has 0 aromatic heterocycles. The predicted octanol–water partition coefficient (Wildman–Crippen LogP) is 6.58.